The van der Waals surface area contributed by atoms with E-state index in [4.69, 9.17) is 4.74 Å². The lowest BCUT2D eigenvalue weighted by Gasteiger charge is -2.17. The van der Waals surface area contributed by atoms with Gasteiger partial charge in [-0.1, -0.05) is 30.3 Å². The molecule has 0 atom stereocenters. The largest absolute Gasteiger partial charge is 0.497 e. The Morgan fingerprint density at radius 3 is 2.38 bits per heavy atom. The number of pyridine rings is 1. The fraction of sp³-hybridized carbons (Fsp3) is 0.174. The van der Waals surface area contributed by atoms with Gasteiger partial charge in [-0.25, -0.2) is 0 Å². The third-order valence-electron chi connectivity index (χ3n) is 4.55. The molecule has 29 heavy (non-hydrogen) atoms. The van der Waals surface area contributed by atoms with Crippen molar-refractivity contribution < 1.29 is 14.3 Å². The van der Waals surface area contributed by atoms with Gasteiger partial charge < -0.3 is 15.0 Å². The molecule has 0 bridgehead atoms. The summed E-state index contributed by atoms with van der Waals surface area (Å²) in [5.41, 5.74) is 2.58. The maximum atomic E-state index is 12.7. The molecule has 0 radical (unpaired) electrons. The SMILES string of the molecule is COc1ccc(CCNC(=O)c2cncc(C(=O)N(C)c3ccccc3)c2)cc1. The van der Waals surface area contributed by atoms with E-state index in [1.54, 1.807) is 20.2 Å². The van der Waals surface area contributed by atoms with E-state index in [-0.39, 0.29) is 11.8 Å². The van der Waals surface area contributed by atoms with Crippen LogP contribution in [0.2, 0.25) is 0 Å². The molecule has 0 saturated heterocycles. The second-order valence-corrected chi connectivity index (χ2v) is 6.52. The van der Waals surface area contributed by atoms with E-state index in [2.05, 4.69) is 10.3 Å². The Morgan fingerprint density at radius 2 is 1.69 bits per heavy atom. The Labute approximate surface area is 170 Å². The zero-order valence-corrected chi connectivity index (χ0v) is 16.5. The van der Waals surface area contributed by atoms with Gasteiger partial charge in [0.05, 0.1) is 18.2 Å². The van der Waals surface area contributed by atoms with Crippen molar-refractivity contribution in [3.63, 3.8) is 0 Å². The maximum Gasteiger partial charge on any atom is 0.259 e. The molecular formula is C23H23N3O3. The van der Waals surface area contributed by atoms with E-state index < -0.39 is 0 Å². The average Bonchev–Trinajstić information content (AvgIpc) is 2.79. The Bertz CT molecular complexity index is 972. The van der Waals surface area contributed by atoms with Crippen LogP contribution in [-0.2, 0) is 6.42 Å². The van der Waals surface area contributed by atoms with Gasteiger partial charge in [0.2, 0.25) is 0 Å². The van der Waals surface area contributed by atoms with E-state index in [0.29, 0.717) is 24.1 Å². The molecule has 6 nitrogen and oxygen atoms in total. The van der Waals surface area contributed by atoms with E-state index in [1.165, 1.54) is 17.3 Å². The van der Waals surface area contributed by atoms with E-state index in [9.17, 15) is 9.59 Å². The molecule has 1 aromatic heterocycles. The number of ether oxygens (including phenoxy) is 1. The summed E-state index contributed by atoms with van der Waals surface area (Å²) in [6, 6.07) is 18.6. The lowest BCUT2D eigenvalue weighted by atomic mass is 10.1. The normalized spacial score (nSPS) is 10.3. The van der Waals surface area contributed by atoms with Crippen LogP contribution in [0.15, 0.2) is 73.1 Å². The minimum absolute atomic E-state index is 0.225. The molecule has 0 unspecified atom stereocenters. The first-order chi connectivity index (χ1) is 14.1. The monoisotopic (exact) mass is 389 g/mol. The first-order valence-corrected chi connectivity index (χ1v) is 9.28. The second-order valence-electron chi connectivity index (χ2n) is 6.52. The number of rotatable bonds is 7. The predicted octanol–water partition coefficient (Wildman–Crippen LogP) is 3.34. The van der Waals surface area contributed by atoms with Crippen molar-refractivity contribution in [1.82, 2.24) is 10.3 Å². The number of anilines is 1. The summed E-state index contributed by atoms with van der Waals surface area (Å²) in [6.07, 6.45) is 3.62. The zero-order valence-electron chi connectivity index (χ0n) is 16.5. The third kappa shape index (κ3) is 5.19. The number of carbonyl (C=O) groups is 2. The van der Waals surface area contributed by atoms with Gasteiger partial charge in [-0.3, -0.25) is 14.6 Å². The minimum Gasteiger partial charge on any atom is -0.497 e. The van der Waals surface area contributed by atoms with Crippen molar-refractivity contribution in [3.8, 4) is 5.75 Å². The molecule has 3 aromatic rings. The lowest BCUT2D eigenvalue weighted by Crippen LogP contribution is -2.28. The van der Waals surface area contributed by atoms with Crippen LogP contribution in [0, 0.1) is 0 Å². The molecule has 6 heteroatoms. The Kier molecular flexibility index (Phi) is 6.58. The van der Waals surface area contributed by atoms with Crippen molar-refractivity contribution in [2.45, 2.75) is 6.42 Å². The zero-order chi connectivity index (χ0) is 20.6. The van der Waals surface area contributed by atoms with Crippen LogP contribution in [0.5, 0.6) is 5.75 Å². The highest BCUT2D eigenvalue weighted by Crippen LogP contribution is 2.15. The molecule has 1 N–H and O–H groups in total. The number of nitrogens with zero attached hydrogens (tertiary/aromatic N) is 2. The lowest BCUT2D eigenvalue weighted by molar-refractivity contribution is 0.0953. The molecule has 2 aromatic carbocycles. The molecule has 3 rings (SSSR count). The number of methoxy groups -OCH3 is 1. The second kappa shape index (κ2) is 9.50. The predicted molar refractivity (Wildman–Crippen MR) is 112 cm³/mol. The van der Waals surface area contributed by atoms with Crippen molar-refractivity contribution in [1.29, 1.82) is 0 Å². The van der Waals surface area contributed by atoms with Crippen LogP contribution in [0.25, 0.3) is 0 Å². The topological polar surface area (TPSA) is 71.5 Å². The van der Waals surface area contributed by atoms with E-state index in [1.807, 2.05) is 54.6 Å². The number of hydrogen-bond acceptors (Lipinski definition) is 4. The summed E-state index contributed by atoms with van der Waals surface area (Å²) >= 11 is 0. The number of aromatic nitrogens is 1. The molecule has 0 aliphatic carbocycles. The first kappa shape index (κ1) is 20.1. The summed E-state index contributed by atoms with van der Waals surface area (Å²) in [5.74, 6) is 0.311. The van der Waals surface area contributed by atoms with Gasteiger partial charge in [-0.15, -0.1) is 0 Å². The van der Waals surface area contributed by atoms with Crippen LogP contribution in [0.1, 0.15) is 26.3 Å². The molecule has 0 aliphatic rings. The van der Waals surface area contributed by atoms with Crippen LogP contribution >= 0.6 is 0 Å². The molecule has 1 heterocycles. The summed E-state index contributed by atoms with van der Waals surface area (Å²) in [6.45, 7) is 0.479. The van der Waals surface area contributed by atoms with Crippen molar-refractivity contribution in [2.24, 2.45) is 0 Å². The fourth-order valence-corrected chi connectivity index (χ4v) is 2.86. The highest BCUT2D eigenvalue weighted by molar-refractivity contribution is 6.07. The van der Waals surface area contributed by atoms with Gasteiger partial charge in [0.15, 0.2) is 0 Å². The molecule has 0 spiro atoms. The fourth-order valence-electron chi connectivity index (χ4n) is 2.86. The highest BCUT2D eigenvalue weighted by Gasteiger charge is 2.16. The minimum atomic E-state index is -0.261. The standard InChI is InChI=1S/C23H23N3O3/c1-26(20-6-4-3-5-7-20)23(28)19-14-18(15-24-16-19)22(27)25-13-12-17-8-10-21(29-2)11-9-17/h3-11,14-16H,12-13H2,1-2H3,(H,25,27). The van der Waals surface area contributed by atoms with Crippen LogP contribution < -0.4 is 15.0 Å². The number of benzene rings is 2. The summed E-state index contributed by atoms with van der Waals surface area (Å²) < 4.78 is 5.14. The number of nitrogens with one attached hydrogen (secondary N) is 1. The Balaban J connectivity index is 1.60. The molecule has 0 fully saturated rings. The van der Waals surface area contributed by atoms with E-state index >= 15 is 0 Å². The quantitative estimate of drug-likeness (QED) is 0.673. The van der Waals surface area contributed by atoms with Crippen molar-refractivity contribution in [3.05, 3.63) is 89.7 Å². The third-order valence-corrected chi connectivity index (χ3v) is 4.55. The molecule has 148 valence electrons. The van der Waals surface area contributed by atoms with Crippen molar-refractivity contribution in [2.75, 3.05) is 25.6 Å². The maximum absolute atomic E-state index is 12.7. The summed E-state index contributed by atoms with van der Waals surface area (Å²) in [7, 11) is 3.32. The Morgan fingerprint density at radius 1 is 1.00 bits per heavy atom. The van der Waals surface area contributed by atoms with E-state index in [0.717, 1.165) is 17.0 Å². The van der Waals surface area contributed by atoms with Gasteiger partial charge in [-0.2, -0.15) is 0 Å². The van der Waals surface area contributed by atoms with Crippen LogP contribution in [0.3, 0.4) is 0 Å². The smallest absolute Gasteiger partial charge is 0.259 e. The van der Waals surface area contributed by atoms with Gasteiger partial charge in [0, 0.05) is 31.7 Å². The van der Waals surface area contributed by atoms with Gasteiger partial charge in [0.25, 0.3) is 11.8 Å². The summed E-state index contributed by atoms with van der Waals surface area (Å²) in [4.78, 5) is 30.8. The average molecular weight is 389 g/mol. The van der Waals surface area contributed by atoms with Gasteiger partial charge in [-0.05, 0) is 42.3 Å². The Hall–Kier alpha value is -3.67. The molecule has 0 aliphatic heterocycles. The number of carbonyl (C=O) groups excluding carboxylic acids is 2. The van der Waals surface area contributed by atoms with Crippen LogP contribution in [0.4, 0.5) is 5.69 Å². The number of amides is 2. The first-order valence-electron chi connectivity index (χ1n) is 9.28. The highest BCUT2D eigenvalue weighted by atomic mass is 16.5. The van der Waals surface area contributed by atoms with Crippen LogP contribution in [-0.4, -0.2) is 37.5 Å². The van der Waals surface area contributed by atoms with Crippen molar-refractivity contribution >= 4 is 17.5 Å². The molecule has 0 saturated carbocycles. The van der Waals surface area contributed by atoms with Gasteiger partial charge in [0.1, 0.15) is 5.75 Å². The molecular weight excluding hydrogens is 366 g/mol. The van der Waals surface area contributed by atoms with Gasteiger partial charge >= 0.3 is 0 Å². The number of para-hydroxylation sites is 1. The molecule has 2 amide bonds. The summed E-state index contributed by atoms with van der Waals surface area (Å²) in [5, 5.41) is 2.87. The number of hydrogen-bond donors (Lipinski definition) is 1.